The van der Waals surface area contributed by atoms with Gasteiger partial charge in [-0.05, 0) is 27.4 Å². The number of aromatic nitrogens is 2. The van der Waals surface area contributed by atoms with Gasteiger partial charge in [-0.3, -0.25) is 0 Å². The van der Waals surface area contributed by atoms with Crippen LogP contribution in [0.15, 0.2) is 22.0 Å². The molecule has 5 heteroatoms. The first kappa shape index (κ1) is 12.9. The van der Waals surface area contributed by atoms with Crippen molar-refractivity contribution in [3.63, 3.8) is 0 Å². The van der Waals surface area contributed by atoms with Gasteiger partial charge in [-0.1, -0.05) is 39.1 Å². The van der Waals surface area contributed by atoms with E-state index in [0.717, 1.165) is 20.9 Å². The molecule has 0 saturated heterocycles. The Morgan fingerprint density at radius 3 is 2.65 bits per heavy atom. The summed E-state index contributed by atoms with van der Waals surface area (Å²) in [4.78, 5) is 8.90. The number of nitrogens with one attached hydrogen (secondary N) is 1. The molecular formula is C12H13BrN2S2. The van der Waals surface area contributed by atoms with Crippen molar-refractivity contribution in [2.45, 2.75) is 26.2 Å². The lowest BCUT2D eigenvalue weighted by atomic mass is 9.92. The van der Waals surface area contributed by atoms with E-state index in [9.17, 15) is 0 Å². The molecule has 17 heavy (non-hydrogen) atoms. The molecule has 1 N–H and O–H groups in total. The average Bonchev–Trinajstić information content (AvgIpc) is 2.73. The predicted molar refractivity (Wildman–Crippen MR) is 79.1 cm³/mol. The molecule has 0 unspecified atom stereocenters. The van der Waals surface area contributed by atoms with Gasteiger partial charge in [0.05, 0.1) is 9.35 Å². The van der Waals surface area contributed by atoms with Crippen molar-refractivity contribution < 1.29 is 0 Å². The van der Waals surface area contributed by atoms with Crippen molar-refractivity contribution >= 4 is 39.5 Å². The molecule has 0 aliphatic carbocycles. The molecule has 0 fully saturated rings. The zero-order chi connectivity index (χ0) is 12.6. The highest BCUT2D eigenvalue weighted by molar-refractivity contribution is 9.10. The third kappa shape index (κ3) is 2.67. The summed E-state index contributed by atoms with van der Waals surface area (Å²) in [5.74, 6) is 0.845. The fourth-order valence-corrected chi connectivity index (χ4v) is 3.15. The number of rotatable bonds is 1. The smallest absolute Gasteiger partial charge is 0.149 e. The predicted octanol–water partition coefficient (Wildman–Crippen LogP) is 4.93. The molecular weight excluding hydrogens is 316 g/mol. The van der Waals surface area contributed by atoms with E-state index in [-0.39, 0.29) is 5.41 Å². The van der Waals surface area contributed by atoms with Crippen LogP contribution >= 0.6 is 39.5 Å². The van der Waals surface area contributed by atoms with Crippen LogP contribution in [0, 0.1) is 4.64 Å². The number of H-pyrrole nitrogens is 1. The maximum Gasteiger partial charge on any atom is 0.149 e. The normalized spacial score (nSPS) is 11.8. The molecule has 0 aliphatic heterocycles. The summed E-state index contributed by atoms with van der Waals surface area (Å²) in [5.41, 5.74) is 1.09. The molecule has 90 valence electrons. The van der Waals surface area contributed by atoms with Crippen molar-refractivity contribution in [1.82, 2.24) is 9.97 Å². The Morgan fingerprint density at radius 1 is 1.41 bits per heavy atom. The molecule has 2 nitrogen and oxygen atoms in total. The van der Waals surface area contributed by atoms with E-state index in [1.807, 2.05) is 17.5 Å². The van der Waals surface area contributed by atoms with Gasteiger partial charge in [0.1, 0.15) is 10.5 Å². The Bertz CT molecular complexity index is 580. The van der Waals surface area contributed by atoms with Crippen LogP contribution in [0.2, 0.25) is 0 Å². The summed E-state index contributed by atoms with van der Waals surface area (Å²) >= 11 is 10.5. The molecule has 2 aromatic rings. The average molecular weight is 329 g/mol. The van der Waals surface area contributed by atoms with Gasteiger partial charge in [-0.2, -0.15) is 0 Å². The molecule has 2 heterocycles. The quantitative estimate of drug-likeness (QED) is 0.752. The summed E-state index contributed by atoms with van der Waals surface area (Å²) in [6.45, 7) is 6.45. The summed E-state index contributed by atoms with van der Waals surface area (Å²) in [6, 6.07) is 4.05. The zero-order valence-electron chi connectivity index (χ0n) is 9.87. The second-order valence-electron chi connectivity index (χ2n) is 4.81. The monoisotopic (exact) mass is 328 g/mol. The lowest BCUT2D eigenvalue weighted by molar-refractivity contribution is 0.563. The van der Waals surface area contributed by atoms with Crippen LogP contribution < -0.4 is 0 Å². The molecule has 0 radical (unpaired) electrons. The van der Waals surface area contributed by atoms with Gasteiger partial charge < -0.3 is 4.98 Å². The Labute approximate surface area is 118 Å². The minimum absolute atomic E-state index is 0.00133. The van der Waals surface area contributed by atoms with E-state index < -0.39 is 0 Å². The summed E-state index contributed by atoms with van der Waals surface area (Å²) < 4.78 is 1.50. The lowest BCUT2D eigenvalue weighted by Gasteiger charge is -2.21. The van der Waals surface area contributed by atoms with E-state index in [4.69, 9.17) is 12.2 Å². The van der Waals surface area contributed by atoms with Gasteiger partial charge in [0, 0.05) is 11.1 Å². The van der Waals surface area contributed by atoms with Gasteiger partial charge in [0.25, 0.3) is 0 Å². The van der Waals surface area contributed by atoms with Crippen molar-refractivity contribution in [1.29, 1.82) is 0 Å². The topological polar surface area (TPSA) is 28.7 Å². The second-order valence-corrected chi connectivity index (χ2v) is 6.93. The van der Waals surface area contributed by atoms with Crippen molar-refractivity contribution in [3.8, 4) is 10.7 Å². The van der Waals surface area contributed by atoms with Gasteiger partial charge in [-0.25, -0.2) is 4.98 Å². The third-order valence-electron chi connectivity index (χ3n) is 2.37. The highest BCUT2D eigenvalue weighted by Gasteiger charge is 2.20. The minimum Gasteiger partial charge on any atom is -0.341 e. The van der Waals surface area contributed by atoms with Crippen LogP contribution in [-0.2, 0) is 5.41 Å². The van der Waals surface area contributed by atoms with Gasteiger partial charge in [-0.15, -0.1) is 11.3 Å². The molecule has 0 spiro atoms. The third-order valence-corrected chi connectivity index (χ3v) is 4.58. The molecule has 0 atom stereocenters. The van der Waals surface area contributed by atoms with Crippen LogP contribution in [0.3, 0.4) is 0 Å². The van der Waals surface area contributed by atoms with Gasteiger partial charge >= 0.3 is 0 Å². The molecule has 0 bridgehead atoms. The zero-order valence-corrected chi connectivity index (χ0v) is 13.1. The number of aromatic amines is 1. The van der Waals surface area contributed by atoms with Gasteiger partial charge in [0.2, 0.25) is 0 Å². The molecule has 0 saturated carbocycles. The first-order chi connectivity index (χ1) is 7.89. The summed E-state index contributed by atoms with van der Waals surface area (Å²) in [7, 11) is 0. The molecule has 2 rings (SSSR count). The summed E-state index contributed by atoms with van der Waals surface area (Å²) in [6.07, 6.45) is 0. The first-order valence-corrected chi connectivity index (χ1v) is 7.32. The number of thiophene rings is 1. The number of hydrogen-bond donors (Lipinski definition) is 1. The Kier molecular flexibility index (Phi) is 3.52. The van der Waals surface area contributed by atoms with Crippen molar-refractivity contribution in [2.75, 3.05) is 0 Å². The minimum atomic E-state index is 0.00133. The fourth-order valence-electron chi connectivity index (χ4n) is 1.51. The van der Waals surface area contributed by atoms with Gasteiger partial charge in [0.15, 0.2) is 0 Å². The second kappa shape index (κ2) is 4.63. The molecule has 0 aliphatic rings. The van der Waals surface area contributed by atoms with E-state index >= 15 is 0 Å². The van der Waals surface area contributed by atoms with Crippen LogP contribution in [0.1, 0.15) is 26.5 Å². The van der Waals surface area contributed by atoms with E-state index in [1.54, 1.807) is 11.3 Å². The lowest BCUT2D eigenvalue weighted by Crippen LogP contribution is -2.15. The highest BCUT2D eigenvalue weighted by atomic mass is 79.9. The maximum atomic E-state index is 5.30. The fraction of sp³-hybridized carbons (Fsp3) is 0.333. The highest BCUT2D eigenvalue weighted by Crippen LogP contribution is 2.31. The SMILES string of the molecule is CC(C)(C)c1[nH]c(-c2cccs2)nc(=S)c1Br. The van der Waals surface area contributed by atoms with E-state index in [1.165, 1.54) is 0 Å². The number of halogens is 1. The molecule has 0 aromatic carbocycles. The van der Waals surface area contributed by atoms with E-state index in [0.29, 0.717) is 4.64 Å². The Hall–Kier alpha value is -0.520. The van der Waals surface area contributed by atoms with Crippen LogP contribution in [0.5, 0.6) is 0 Å². The largest absolute Gasteiger partial charge is 0.341 e. The van der Waals surface area contributed by atoms with Crippen molar-refractivity contribution in [2.24, 2.45) is 0 Å². The molecule has 2 aromatic heterocycles. The van der Waals surface area contributed by atoms with Crippen LogP contribution in [-0.4, -0.2) is 9.97 Å². The summed E-state index contributed by atoms with van der Waals surface area (Å²) in [5, 5.41) is 2.03. The number of hydrogen-bond acceptors (Lipinski definition) is 3. The van der Waals surface area contributed by atoms with Crippen LogP contribution in [0.25, 0.3) is 10.7 Å². The Balaban J connectivity index is 2.67. The Morgan fingerprint density at radius 2 is 2.12 bits per heavy atom. The van der Waals surface area contributed by atoms with Crippen LogP contribution in [0.4, 0.5) is 0 Å². The standard InChI is InChI=1S/C12H13BrN2S2/c1-12(2,3)9-8(13)11(16)15-10(14-9)7-5-4-6-17-7/h4-6H,1-3H3,(H,14,15,16). The maximum absolute atomic E-state index is 5.30. The first-order valence-electron chi connectivity index (χ1n) is 5.24. The van der Waals surface area contributed by atoms with Crippen molar-refractivity contribution in [3.05, 3.63) is 32.3 Å². The molecule has 0 amide bonds. The van der Waals surface area contributed by atoms with E-state index in [2.05, 4.69) is 46.7 Å². The number of nitrogens with zero attached hydrogens (tertiary/aromatic N) is 1.